The van der Waals surface area contributed by atoms with Gasteiger partial charge in [-0.1, -0.05) is 0 Å². The topological polar surface area (TPSA) is 71.9 Å². The zero-order chi connectivity index (χ0) is 20.1. The molecule has 3 aliphatic rings. The van der Waals surface area contributed by atoms with Crippen LogP contribution >= 0.6 is 0 Å². The van der Waals surface area contributed by atoms with Crippen molar-refractivity contribution in [1.29, 1.82) is 0 Å². The molecule has 4 heterocycles. The lowest BCUT2D eigenvalue weighted by molar-refractivity contribution is 0.0294. The number of hydrogen-bond donors (Lipinski definition) is 1. The van der Waals surface area contributed by atoms with Crippen LogP contribution in [0.15, 0.2) is 0 Å². The molecule has 2 saturated heterocycles. The summed E-state index contributed by atoms with van der Waals surface area (Å²) in [5, 5.41) is 8.18. The molecule has 0 radical (unpaired) electrons. The van der Waals surface area contributed by atoms with E-state index in [1.807, 2.05) is 4.68 Å². The molecule has 4 rings (SSSR count). The van der Waals surface area contributed by atoms with E-state index in [-0.39, 0.29) is 5.91 Å². The number of rotatable bonds is 7. The number of fused-ring (bicyclic) bond motifs is 1. The van der Waals surface area contributed by atoms with E-state index < -0.39 is 0 Å². The molecule has 8 heteroatoms. The minimum Gasteiger partial charge on any atom is -0.383 e. The molecule has 0 spiro atoms. The Hall–Kier alpha value is -1.48. The van der Waals surface area contributed by atoms with Crippen molar-refractivity contribution >= 4 is 5.91 Å². The van der Waals surface area contributed by atoms with Gasteiger partial charge in [0.25, 0.3) is 5.91 Å². The van der Waals surface area contributed by atoms with Crippen LogP contribution in [0, 0.1) is 0 Å². The maximum atomic E-state index is 13.6. The van der Waals surface area contributed by atoms with Gasteiger partial charge < -0.3 is 19.7 Å². The molecule has 2 fully saturated rings. The fraction of sp³-hybridized carbons (Fsp3) is 0.810. The summed E-state index contributed by atoms with van der Waals surface area (Å²) in [5.41, 5.74) is 2.95. The van der Waals surface area contributed by atoms with E-state index in [1.54, 1.807) is 7.11 Å². The largest absolute Gasteiger partial charge is 0.383 e. The van der Waals surface area contributed by atoms with Crippen molar-refractivity contribution in [2.45, 2.75) is 51.2 Å². The van der Waals surface area contributed by atoms with Gasteiger partial charge in [-0.2, -0.15) is 5.10 Å². The minimum atomic E-state index is 0.118. The Labute approximate surface area is 173 Å². The highest BCUT2D eigenvalue weighted by Gasteiger charge is 2.33. The number of ether oxygens (including phenoxy) is 2. The molecule has 8 nitrogen and oxygen atoms in total. The number of morpholine rings is 1. The zero-order valence-corrected chi connectivity index (χ0v) is 17.7. The van der Waals surface area contributed by atoms with Crippen LogP contribution < -0.4 is 5.32 Å². The summed E-state index contributed by atoms with van der Waals surface area (Å²) in [7, 11) is 1.70. The predicted molar refractivity (Wildman–Crippen MR) is 110 cm³/mol. The van der Waals surface area contributed by atoms with Crippen LogP contribution in [0.25, 0.3) is 0 Å². The Bertz CT molecular complexity index is 686. The third kappa shape index (κ3) is 4.82. The number of nitrogens with zero attached hydrogens (tertiary/aromatic N) is 4. The summed E-state index contributed by atoms with van der Waals surface area (Å²) in [4.78, 5) is 18.2. The molecular formula is C21H35N5O3. The molecule has 1 aromatic rings. The number of amides is 1. The number of carbonyl (C=O) groups is 1. The van der Waals surface area contributed by atoms with E-state index in [1.165, 1.54) is 12.1 Å². The zero-order valence-electron chi connectivity index (χ0n) is 17.7. The summed E-state index contributed by atoms with van der Waals surface area (Å²) >= 11 is 0. The van der Waals surface area contributed by atoms with Gasteiger partial charge >= 0.3 is 0 Å². The van der Waals surface area contributed by atoms with E-state index in [0.29, 0.717) is 24.9 Å². The Kier molecular flexibility index (Phi) is 7.18. The minimum absolute atomic E-state index is 0.118. The lowest BCUT2D eigenvalue weighted by atomic mass is 9.97. The summed E-state index contributed by atoms with van der Waals surface area (Å²) in [5.74, 6) is 0.118. The maximum Gasteiger partial charge on any atom is 0.274 e. The van der Waals surface area contributed by atoms with Gasteiger partial charge in [-0.05, 0) is 25.7 Å². The molecule has 0 saturated carbocycles. The monoisotopic (exact) mass is 405 g/mol. The maximum absolute atomic E-state index is 13.6. The molecule has 0 aromatic carbocycles. The Morgan fingerprint density at radius 3 is 2.93 bits per heavy atom. The standard InChI is InChI=1S/C21H35N5O3/c1-28-13-12-26-19-5-7-22-16-18(19)20(23-26)21(27)25-8-3-2-4-17(25)6-9-24-10-14-29-15-11-24/h17,22H,2-16H2,1H3. The van der Waals surface area contributed by atoms with Crippen LogP contribution in [0.1, 0.15) is 47.4 Å². The van der Waals surface area contributed by atoms with Crippen LogP contribution in [-0.2, 0) is 29.0 Å². The van der Waals surface area contributed by atoms with Gasteiger partial charge in [0.2, 0.25) is 0 Å². The molecule has 29 heavy (non-hydrogen) atoms. The molecule has 1 unspecified atom stereocenters. The molecule has 1 N–H and O–H groups in total. The van der Waals surface area contributed by atoms with Crippen molar-refractivity contribution in [2.75, 3.05) is 59.7 Å². The Balaban J connectivity index is 1.48. The van der Waals surface area contributed by atoms with Crippen LogP contribution in [0.4, 0.5) is 0 Å². The number of carbonyl (C=O) groups excluding carboxylic acids is 1. The second kappa shape index (κ2) is 10.0. The lowest BCUT2D eigenvalue weighted by Gasteiger charge is -2.37. The molecule has 162 valence electrons. The van der Waals surface area contributed by atoms with Crippen molar-refractivity contribution in [3.63, 3.8) is 0 Å². The third-order valence-corrected chi connectivity index (χ3v) is 6.49. The second-order valence-corrected chi connectivity index (χ2v) is 8.31. The number of hydrogen-bond acceptors (Lipinski definition) is 6. The smallest absolute Gasteiger partial charge is 0.274 e. The van der Waals surface area contributed by atoms with Crippen LogP contribution in [-0.4, -0.2) is 91.2 Å². The van der Waals surface area contributed by atoms with Gasteiger partial charge in [0.1, 0.15) is 0 Å². The highest BCUT2D eigenvalue weighted by Crippen LogP contribution is 2.26. The first-order valence-electron chi connectivity index (χ1n) is 11.2. The first-order valence-corrected chi connectivity index (χ1v) is 11.2. The molecule has 1 aromatic heterocycles. The summed E-state index contributed by atoms with van der Waals surface area (Å²) in [6, 6.07) is 0.315. The van der Waals surface area contributed by atoms with Crippen LogP contribution in [0.3, 0.4) is 0 Å². The quantitative estimate of drug-likeness (QED) is 0.727. The van der Waals surface area contributed by atoms with Gasteiger partial charge in [-0.25, -0.2) is 0 Å². The summed E-state index contributed by atoms with van der Waals surface area (Å²) in [6.45, 7) is 8.53. The van der Waals surface area contributed by atoms with Gasteiger partial charge in [-0.15, -0.1) is 0 Å². The number of piperidine rings is 1. The van der Waals surface area contributed by atoms with Crippen molar-refractivity contribution < 1.29 is 14.3 Å². The van der Waals surface area contributed by atoms with E-state index in [4.69, 9.17) is 14.6 Å². The fourth-order valence-electron chi connectivity index (χ4n) is 4.81. The van der Waals surface area contributed by atoms with Crippen molar-refractivity contribution in [1.82, 2.24) is 24.9 Å². The second-order valence-electron chi connectivity index (χ2n) is 8.31. The van der Waals surface area contributed by atoms with Gasteiger partial charge in [0.05, 0.1) is 26.4 Å². The molecule has 0 aliphatic carbocycles. The summed E-state index contributed by atoms with van der Waals surface area (Å²) < 4.78 is 12.7. The Morgan fingerprint density at radius 2 is 2.10 bits per heavy atom. The SMILES string of the molecule is COCCn1nc(C(=O)N2CCCCC2CCN2CCOCC2)c2c1CCNC2. The van der Waals surface area contributed by atoms with Gasteiger partial charge in [0.15, 0.2) is 5.69 Å². The van der Waals surface area contributed by atoms with Gasteiger partial charge in [-0.3, -0.25) is 14.4 Å². The van der Waals surface area contributed by atoms with Crippen LogP contribution in [0.2, 0.25) is 0 Å². The Morgan fingerprint density at radius 1 is 1.24 bits per heavy atom. The van der Waals surface area contributed by atoms with Gasteiger partial charge in [0, 0.05) is 70.1 Å². The van der Waals surface area contributed by atoms with Crippen LogP contribution in [0.5, 0.6) is 0 Å². The molecule has 0 bridgehead atoms. The number of nitrogens with one attached hydrogen (secondary N) is 1. The van der Waals surface area contributed by atoms with Crippen molar-refractivity contribution in [3.05, 3.63) is 17.0 Å². The average molecular weight is 406 g/mol. The lowest BCUT2D eigenvalue weighted by Crippen LogP contribution is -2.46. The fourth-order valence-corrected chi connectivity index (χ4v) is 4.81. The average Bonchev–Trinajstić information content (AvgIpc) is 3.15. The first-order chi connectivity index (χ1) is 14.3. The van der Waals surface area contributed by atoms with Crippen molar-refractivity contribution in [3.8, 4) is 0 Å². The van der Waals surface area contributed by atoms with E-state index in [2.05, 4.69) is 15.1 Å². The van der Waals surface area contributed by atoms with E-state index in [9.17, 15) is 4.79 Å². The predicted octanol–water partition coefficient (Wildman–Crippen LogP) is 0.892. The van der Waals surface area contributed by atoms with E-state index in [0.717, 1.165) is 83.7 Å². The van der Waals surface area contributed by atoms with Crippen molar-refractivity contribution in [2.24, 2.45) is 0 Å². The van der Waals surface area contributed by atoms with E-state index >= 15 is 0 Å². The normalized spacial score (nSPS) is 23.2. The first kappa shape index (κ1) is 20.8. The number of likely N-dealkylation sites (tertiary alicyclic amines) is 1. The molecule has 1 amide bonds. The summed E-state index contributed by atoms with van der Waals surface area (Å²) in [6.07, 6.45) is 5.35. The number of methoxy groups -OCH3 is 1. The number of aromatic nitrogens is 2. The molecule has 3 aliphatic heterocycles. The highest BCUT2D eigenvalue weighted by molar-refractivity contribution is 5.94. The highest BCUT2D eigenvalue weighted by atomic mass is 16.5. The molecule has 1 atom stereocenters. The molecular weight excluding hydrogens is 370 g/mol. The third-order valence-electron chi connectivity index (χ3n) is 6.49.